The Bertz CT molecular complexity index is 923. The number of carbonyl (C=O) groups excluding carboxylic acids is 5. The van der Waals surface area contributed by atoms with E-state index in [1.54, 1.807) is 0 Å². The summed E-state index contributed by atoms with van der Waals surface area (Å²) in [5.74, 6) is -3.22. The number of nitrogens with one attached hydrogen (secondary N) is 1. The molecule has 0 unspecified atom stereocenters. The van der Waals surface area contributed by atoms with Crippen LogP contribution in [-0.2, 0) is 28.7 Å². The monoisotopic (exact) mass is 412 g/mol. The van der Waals surface area contributed by atoms with Gasteiger partial charge in [-0.3, -0.25) is 24.1 Å². The SMILES string of the molecule is COC(=O)c1ccc(NC(=O)COC(=O)CN2C(=O)[C@@H]3[C@H](C2=O)[C@H]2C=C[C@H]3C2)cc1. The Morgan fingerprint density at radius 3 is 2.20 bits per heavy atom. The second-order valence-corrected chi connectivity index (χ2v) is 7.54. The lowest BCUT2D eigenvalue weighted by Gasteiger charge is -2.16. The highest BCUT2D eigenvalue weighted by atomic mass is 16.5. The molecule has 3 aliphatic rings. The predicted molar refractivity (Wildman–Crippen MR) is 102 cm³/mol. The van der Waals surface area contributed by atoms with Crippen molar-refractivity contribution in [3.63, 3.8) is 0 Å². The van der Waals surface area contributed by atoms with Crippen molar-refractivity contribution in [2.24, 2.45) is 23.7 Å². The minimum absolute atomic E-state index is 0.0637. The van der Waals surface area contributed by atoms with E-state index in [4.69, 9.17) is 4.74 Å². The van der Waals surface area contributed by atoms with Crippen LogP contribution in [0.3, 0.4) is 0 Å². The topological polar surface area (TPSA) is 119 Å². The summed E-state index contributed by atoms with van der Waals surface area (Å²) in [6, 6.07) is 5.98. The smallest absolute Gasteiger partial charge is 0.337 e. The molecule has 9 heteroatoms. The van der Waals surface area contributed by atoms with Gasteiger partial charge >= 0.3 is 11.9 Å². The molecule has 30 heavy (non-hydrogen) atoms. The number of amides is 3. The maximum absolute atomic E-state index is 12.6. The molecule has 1 saturated carbocycles. The number of esters is 2. The second-order valence-electron chi connectivity index (χ2n) is 7.54. The molecule has 3 amide bonds. The lowest BCUT2D eigenvalue weighted by molar-refractivity contribution is -0.154. The Kier molecular flexibility index (Phi) is 5.11. The highest BCUT2D eigenvalue weighted by Crippen LogP contribution is 2.52. The van der Waals surface area contributed by atoms with Crippen molar-refractivity contribution < 1.29 is 33.4 Å². The summed E-state index contributed by atoms with van der Waals surface area (Å²) in [7, 11) is 1.27. The molecule has 156 valence electrons. The van der Waals surface area contributed by atoms with E-state index in [9.17, 15) is 24.0 Å². The third-order valence-corrected chi connectivity index (χ3v) is 5.80. The Morgan fingerprint density at radius 1 is 1.03 bits per heavy atom. The van der Waals surface area contributed by atoms with E-state index < -0.39 is 31.0 Å². The van der Waals surface area contributed by atoms with Crippen LogP contribution >= 0.6 is 0 Å². The lowest BCUT2D eigenvalue weighted by atomic mass is 9.85. The van der Waals surface area contributed by atoms with Crippen molar-refractivity contribution in [3.05, 3.63) is 42.0 Å². The number of carbonyl (C=O) groups is 5. The summed E-state index contributed by atoms with van der Waals surface area (Å²) in [5.41, 5.74) is 0.736. The fraction of sp³-hybridized carbons (Fsp3) is 0.381. The minimum atomic E-state index is -0.826. The van der Waals surface area contributed by atoms with Gasteiger partial charge in [-0.15, -0.1) is 0 Å². The molecule has 1 saturated heterocycles. The molecule has 2 bridgehead atoms. The maximum atomic E-state index is 12.6. The highest BCUT2D eigenvalue weighted by molar-refractivity contribution is 6.08. The van der Waals surface area contributed by atoms with E-state index in [0.717, 1.165) is 11.3 Å². The van der Waals surface area contributed by atoms with Gasteiger partial charge in [0.15, 0.2) is 6.61 Å². The lowest BCUT2D eigenvalue weighted by Crippen LogP contribution is -2.38. The molecule has 2 fully saturated rings. The number of anilines is 1. The van der Waals surface area contributed by atoms with Crippen molar-refractivity contribution >= 4 is 35.3 Å². The number of hydrogen-bond acceptors (Lipinski definition) is 7. The van der Waals surface area contributed by atoms with Gasteiger partial charge in [-0.2, -0.15) is 0 Å². The molecule has 0 spiro atoms. The summed E-state index contributed by atoms with van der Waals surface area (Å²) in [5, 5.41) is 2.52. The average Bonchev–Trinajstić information content (AvgIpc) is 3.42. The van der Waals surface area contributed by atoms with E-state index in [-0.39, 0.29) is 35.5 Å². The summed E-state index contributed by atoms with van der Waals surface area (Å²) >= 11 is 0. The second kappa shape index (κ2) is 7.74. The van der Waals surface area contributed by atoms with Crippen molar-refractivity contribution in [2.45, 2.75) is 6.42 Å². The van der Waals surface area contributed by atoms with Crippen molar-refractivity contribution in [2.75, 3.05) is 25.6 Å². The third kappa shape index (κ3) is 3.47. The average molecular weight is 412 g/mol. The number of allylic oxidation sites excluding steroid dienone is 2. The predicted octanol–water partition coefficient (Wildman–Crippen LogP) is 0.762. The van der Waals surface area contributed by atoms with Gasteiger partial charge in [-0.25, -0.2) is 4.79 Å². The van der Waals surface area contributed by atoms with E-state index in [1.165, 1.54) is 31.4 Å². The molecule has 1 N–H and O–H groups in total. The molecular formula is C21H20N2O7. The number of ether oxygens (including phenoxy) is 2. The standard InChI is InChI=1S/C21H20N2O7/c1-29-21(28)11-4-6-14(7-5-11)22-15(24)10-30-16(25)9-23-19(26)17-12-2-3-13(8-12)18(17)20(23)27/h2-7,12-13,17-18H,8-10H2,1H3,(H,22,24)/t12-,13-,17-,18+/m0/s1. The molecule has 4 rings (SSSR count). The Hall–Kier alpha value is -3.49. The summed E-state index contributed by atoms with van der Waals surface area (Å²) in [6.45, 7) is -1.06. The van der Waals surface area contributed by atoms with Gasteiger partial charge in [0.2, 0.25) is 11.8 Å². The van der Waals surface area contributed by atoms with Gasteiger partial charge in [0.05, 0.1) is 24.5 Å². The third-order valence-electron chi connectivity index (χ3n) is 5.80. The normalized spacial score (nSPS) is 26.0. The molecular weight excluding hydrogens is 392 g/mol. The van der Waals surface area contributed by atoms with Crippen LogP contribution in [0.1, 0.15) is 16.8 Å². The van der Waals surface area contributed by atoms with Gasteiger partial charge in [0.1, 0.15) is 6.54 Å². The molecule has 0 aromatic heterocycles. The molecule has 9 nitrogen and oxygen atoms in total. The van der Waals surface area contributed by atoms with Gasteiger partial charge in [-0.1, -0.05) is 12.2 Å². The Balaban J connectivity index is 1.26. The summed E-state index contributed by atoms with van der Waals surface area (Å²) in [4.78, 5) is 61.5. The fourth-order valence-electron chi connectivity index (χ4n) is 4.45. The first-order valence-corrected chi connectivity index (χ1v) is 9.56. The molecule has 1 aliphatic heterocycles. The van der Waals surface area contributed by atoms with E-state index in [1.807, 2.05) is 12.2 Å². The van der Waals surface area contributed by atoms with E-state index in [2.05, 4.69) is 10.1 Å². The number of rotatable bonds is 6. The van der Waals surface area contributed by atoms with Crippen LogP contribution in [0.5, 0.6) is 0 Å². The molecule has 2 aliphatic carbocycles. The number of benzene rings is 1. The molecule has 4 atom stereocenters. The van der Waals surface area contributed by atoms with Gasteiger partial charge in [0.25, 0.3) is 5.91 Å². The first kappa shape index (κ1) is 19.8. The summed E-state index contributed by atoms with van der Waals surface area (Å²) < 4.78 is 9.51. The van der Waals surface area contributed by atoms with Crippen LogP contribution in [0.15, 0.2) is 36.4 Å². The number of methoxy groups -OCH3 is 1. The molecule has 1 heterocycles. The van der Waals surface area contributed by atoms with Crippen LogP contribution in [0, 0.1) is 23.7 Å². The van der Waals surface area contributed by atoms with Crippen molar-refractivity contribution in [3.8, 4) is 0 Å². The first-order chi connectivity index (χ1) is 14.4. The van der Waals surface area contributed by atoms with Crippen molar-refractivity contribution in [1.82, 2.24) is 4.90 Å². The van der Waals surface area contributed by atoms with Crippen LogP contribution < -0.4 is 5.32 Å². The van der Waals surface area contributed by atoms with Gasteiger partial charge < -0.3 is 14.8 Å². The Morgan fingerprint density at radius 2 is 1.63 bits per heavy atom. The largest absolute Gasteiger partial charge is 0.465 e. The van der Waals surface area contributed by atoms with E-state index in [0.29, 0.717) is 11.3 Å². The van der Waals surface area contributed by atoms with Gasteiger partial charge in [0, 0.05) is 5.69 Å². The number of nitrogens with zero attached hydrogens (tertiary/aromatic N) is 1. The zero-order chi connectivity index (χ0) is 21.4. The molecule has 0 radical (unpaired) electrons. The van der Waals surface area contributed by atoms with Gasteiger partial charge in [-0.05, 0) is 42.5 Å². The van der Waals surface area contributed by atoms with Crippen molar-refractivity contribution in [1.29, 1.82) is 0 Å². The summed E-state index contributed by atoms with van der Waals surface area (Å²) in [6.07, 6.45) is 4.76. The van der Waals surface area contributed by atoms with Crippen LogP contribution in [-0.4, -0.2) is 54.8 Å². The minimum Gasteiger partial charge on any atom is -0.465 e. The Labute approximate surface area is 172 Å². The van der Waals surface area contributed by atoms with Crippen LogP contribution in [0.4, 0.5) is 5.69 Å². The number of hydrogen-bond donors (Lipinski definition) is 1. The first-order valence-electron chi connectivity index (χ1n) is 9.56. The highest BCUT2D eigenvalue weighted by Gasteiger charge is 2.59. The quantitative estimate of drug-likeness (QED) is 0.416. The fourth-order valence-corrected chi connectivity index (χ4v) is 4.45. The molecule has 1 aromatic rings. The zero-order valence-corrected chi connectivity index (χ0v) is 16.2. The number of fused-ring (bicyclic) bond motifs is 5. The van der Waals surface area contributed by atoms with Crippen LogP contribution in [0.25, 0.3) is 0 Å². The maximum Gasteiger partial charge on any atom is 0.337 e. The van der Waals surface area contributed by atoms with Crippen LogP contribution in [0.2, 0.25) is 0 Å². The number of likely N-dealkylation sites (tertiary alicyclic amines) is 1. The molecule has 1 aromatic carbocycles. The zero-order valence-electron chi connectivity index (χ0n) is 16.2. The van der Waals surface area contributed by atoms with E-state index >= 15 is 0 Å². The number of imide groups is 1.